The van der Waals surface area contributed by atoms with E-state index in [2.05, 4.69) is 10.3 Å². The molecule has 0 radical (unpaired) electrons. The molecule has 2 heterocycles. The maximum atomic E-state index is 13.2. The largest absolute Gasteiger partial charge is 0.439 e. The van der Waals surface area contributed by atoms with Crippen LogP contribution in [0.3, 0.4) is 0 Å². The number of aromatic nitrogens is 1. The first kappa shape index (κ1) is 19.5. The van der Waals surface area contributed by atoms with E-state index in [9.17, 15) is 9.59 Å². The van der Waals surface area contributed by atoms with Crippen LogP contribution in [0.1, 0.15) is 24.8 Å². The number of hydrogen-bond acceptors (Lipinski definition) is 4. The van der Waals surface area contributed by atoms with Crippen molar-refractivity contribution in [3.05, 3.63) is 76.2 Å². The van der Waals surface area contributed by atoms with Crippen LogP contribution in [0, 0.1) is 0 Å². The first-order valence-electron chi connectivity index (χ1n) is 9.04. The Labute approximate surface area is 177 Å². The monoisotopic (exact) mass is 429 g/mol. The number of amides is 3. The van der Waals surface area contributed by atoms with Crippen molar-refractivity contribution in [1.82, 2.24) is 15.2 Å². The van der Waals surface area contributed by atoms with Gasteiger partial charge in [0, 0.05) is 15.6 Å². The van der Waals surface area contributed by atoms with Crippen molar-refractivity contribution in [2.75, 3.05) is 0 Å². The van der Waals surface area contributed by atoms with E-state index in [0.29, 0.717) is 27.8 Å². The molecule has 29 heavy (non-hydrogen) atoms. The Morgan fingerprint density at radius 3 is 2.28 bits per heavy atom. The zero-order chi connectivity index (χ0) is 20.6. The minimum atomic E-state index is -1.13. The van der Waals surface area contributed by atoms with E-state index < -0.39 is 11.6 Å². The van der Waals surface area contributed by atoms with Gasteiger partial charge in [-0.05, 0) is 48.4 Å². The minimum absolute atomic E-state index is 0.0619. The molecular formula is C21H17Cl2N3O3. The lowest BCUT2D eigenvalue weighted by molar-refractivity contribution is -0.132. The minimum Gasteiger partial charge on any atom is -0.439 e. The van der Waals surface area contributed by atoms with Crippen molar-refractivity contribution in [2.24, 2.45) is 0 Å². The van der Waals surface area contributed by atoms with Crippen LogP contribution in [-0.2, 0) is 16.9 Å². The Balaban J connectivity index is 1.58. The second kappa shape index (κ2) is 7.54. The Morgan fingerprint density at radius 2 is 1.66 bits per heavy atom. The summed E-state index contributed by atoms with van der Waals surface area (Å²) in [6.45, 7) is 1.79. The molecule has 3 aromatic rings. The van der Waals surface area contributed by atoms with E-state index in [4.69, 9.17) is 27.6 Å². The number of oxazole rings is 1. The van der Waals surface area contributed by atoms with Crippen molar-refractivity contribution in [3.8, 4) is 11.3 Å². The molecule has 148 valence electrons. The summed E-state index contributed by atoms with van der Waals surface area (Å²) in [5, 5.41) is 4.00. The third-order valence-corrected chi connectivity index (χ3v) is 5.52. The van der Waals surface area contributed by atoms with Crippen LogP contribution in [0.5, 0.6) is 0 Å². The number of benzene rings is 2. The lowest BCUT2D eigenvalue weighted by Crippen LogP contribution is -2.43. The van der Waals surface area contributed by atoms with Gasteiger partial charge in [0.05, 0.1) is 6.20 Å². The van der Waals surface area contributed by atoms with E-state index in [1.165, 1.54) is 0 Å². The van der Waals surface area contributed by atoms with Gasteiger partial charge in [-0.1, -0.05) is 42.3 Å². The third kappa shape index (κ3) is 3.50. The van der Waals surface area contributed by atoms with Gasteiger partial charge < -0.3 is 9.73 Å². The van der Waals surface area contributed by atoms with Gasteiger partial charge in [0.2, 0.25) is 5.89 Å². The predicted molar refractivity (Wildman–Crippen MR) is 109 cm³/mol. The van der Waals surface area contributed by atoms with E-state index in [1.54, 1.807) is 42.6 Å². The van der Waals surface area contributed by atoms with Gasteiger partial charge in [-0.25, -0.2) is 9.78 Å². The molecule has 0 spiro atoms. The molecule has 2 aromatic carbocycles. The van der Waals surface area contributed by atoms with Crippen molar-refractivity contribution in [3.63, 3.8) is 0 Å². The van der Waals surface area contributed by atoms with Gasteiger partial charge in [0.15, 0.2) is 5.76 Å². The van der Waals surface area contributed by atoms with Crippen LogP contribution >= 0.6 is 23.2 Å². The van der Waals surface area contributed by atoms with Crippen molar-refractivity contribution in [1.29, 1.82) is 0 Å². The first-order valence-corrected chi connectivity index (χ1v) is 9.79. The summed E-state index contributed by atoms with van der Waals surface area (Å²) in [5.41, 5.74) is 0.349. The molecule has 8 heteroatoms. The van der Waals surface area contributed by atoms with E-state index >= 15 is 0 Å². The Hall–Kier alpha value is -2.83. The van der Waals surface area contributed by atoms with Crippen LogP contribution in [0.2, 0.25) is 10.0 Å². The van der Waals surface area contributed by atoms with Crippen LogP contribution in [-0.4, -0.2) is 21.8 Å². The highest BCUT2D eigenvalue weighted by molar-refractivity contribution is 6.30. The van der Waals surface area contributed by atoms with Crippen LogP contribution < -0.4 is 5.32 Å². The highest BCUT2D eigenvalue weighted by Crippen LogP contribution is 2.34. The summed E-state index contributed by atoms with van der Waals surface area (Å²) < 4.78 is 5.75. The van der Waals surface area contributed by atoms with Crippen LogP contribution in [0.25, 0.3) is 11.3 Å². The Bertz CT molecular complexity index is 1060. The van der Waals surface area contributed by atoms with Crippen molar-refractivity contribution in [2.45, 2.75) is 25.4 Å². The molecule has 0 bridgehead atoms. The fourth-order valence-corrected chi connectivity index (χ4v) is 3.66. The van der Waals surface area contributed by atoms with E-state index in [1.807, 2.05) is 19.1 Å². The highest BCUT2D eigenvalue weighted by Gasteiger charge is 2.51. The molecule has 1 N–H and O–H groups in total. The maximum absolute atomic E-state index is 13.2. The fourth-order valence-electron chi connectivity index (χ4n) is 3.41. The zero-order valence-corrected chi connectivity index (χ0v) is 17.0. The summed E-state index contributed by atoms with van der Waals surface area (Å²) in [6, 6.07) is 13.5. The lowest BCUT2D eigenvalue weighted by atomic mass is 9.87. The summed E-state index contributed by atoms with van der Waals surface area (Å²) in [7, 11) is 0. The van der Waals surface area contributed by atoms with Crippen molar-refractivity contribution >= 4 is 35.1 Å². The first-order chi connectivity index (χ1) is 13.9. The molecular weight excluding hydrogens is 413 g/mol. The molecule has 1 saturated heterocycles. The Morgan fingerprint density at radius 1 is 1.03 bits per heavy atom. The van der Waals surface area contributed by atoms with Crippen LogP contribution in [0.15, 0.2) is 59.1 Å². The highest BCUT2D eigenvalue weighted by atomic mass is 35.5. The molecule has 1 aliphatic heterocycles. The van der Waals surface area contributed by atoms with E-state index in [0.717, 1.165) is 10.5 Å². The van der Waals surface area contributed by atoms with Gasteiger partial charge >= 0.3 is 6.03 Å². The topological polar surface area (TPSA) is 75.4 Å². The average Bonchev–Trinajstić information content (AvgIpc) is 3.28. The molecule has 0 unspecified atom stereocenters. The number of imide groups is 1. The summed E-state index contributed by atoms with van der Waals surface area (Å²) in [6.07, 6.45) is 1.96. The van der Waals surface area contributed by atoms with Gasteiger partial charge in [0.25, 0.3) is 5.91 Å². The van der Waals surface area contributed by atoms with Crippen LogP contribution in [0.4, 0.5) is 4.79 Å². The second-order valence-corrected chi connectivity index (χ2v) is 7.59. The average molecular weight is 430 g/mol. The number of carbonyl (C=O) groups is 2. The predicted octanol–water partition coefficient (Wildman–Crippen LogP) is 5.01. The molecule has 4 rings (SSSR count). The molecule has 1 aliphatic rings. The van der Waals surface area contributed by atoms with Gasteiger partial charge in [0.1, 0.15) is 12.1 Å². The molecule has 3 amide bonds. The number of hydrogen-bond donors (Lipinski definition) is 1. The smallest absolute Gasteiger partial charge is 0.325 e. The van der Waals surface area contributed by atoms with Gasteiger partial charge in [-0.3, -0.25) is 9.69 Å². The molecule has 6 nitrogen and oxygen atoms in total. The number of rotatable bonds is 5. The van der Waals surface area contributed by atoms with Gasteiger partial charge in [-0.2, -0.15) is 0 Å². The second-order valence-electron chi connectivity index (χ2n) is 6.71. The summed E-state index contributed by atoms with van der Waals surface area (Å²) >= 11 is 11.9. The zero-order valence-electron chi connectivity index (χ0n) is 15.5. The SMILES string of the molecule is CC[C@]1(c2ccc(Cl)cc2)NC(=O)N(Cc2ncc(-c3ccc(Cl)cc3)o2)C1=O. The fraction of sp³-hybridized carbons (Fsp3) is 0.190. The number of carbonyl (C=O) groups excluding carboxylic acids is 2. The van der Waals surface area contributed by atoms with E-state index in [-0.39, 0.29) is 18.3 Å². The van der Waals surface area contributed by atoms with Crippen molar-refractivity contribution < 1.29 is 14.0 Å². The summed E-state index contributed by atoms with van der Waals surface area (Å²) in [5.74, 6) is 0.447. The molecule has 1 aromatic heterocycles. The number of nitrogens with zero attached hydrogens (tertiary/aromatic N) is 2. The molecule has 1 atom stereocenters. The number of nitrogens with one attached hydrogen (secondary N) is 1. The quantitative estimate of drug-likeness (QED) is 0.578. The standard InChI is InChI=1S/C21H17Cl2N3O3/c1-2-21(14-5-9-16(23)10-6-14)19(27)26(20(28)25-21)12-18-24-11-17(29-18)13-3-7-15(22)8-4-13/h3-11H,2,12H2,1H3,(H,25,28)/t21-/m1/s1. The molecule has 0 saturated carbocycles. The third-order valence-electron chi connectivity index (χ3n) is 5.02. The Kier molecular flexibility index (Phi) is 5.06. The number of urea groups is 1. The lowest BCUT2D eigenvalue weighted by Gasteiger charge is -2.25. The molecule has 1 fully saturated rings. The maximum Gasteiger partial charge on any atom is 0.325 e. The molecule has 0 aliphatic carbocycles. The summed E-state index contributed by atoms with van der Waals surface area (Å²) in [4.78, 5) is 31.1. The number of halogens is 2. The van der Waals surface area contributed by atoms with Gasteiger partial charge in [-0.15, -0.1) is 0 Å². The normalized spacial score (nSPS) is 18.9.